The quantitative estimate of drug-likeness (QED) is 0.561. The molecule has 5 N–H and O–H groups in total. The molecule has 0 spiro atoms. The second-order valence-electron chi connectivity index (χ2n) is 8.58. The van der Waals surface area contributed by atoms with E-state index in [1.807, 2.05) is 6.92 Å². The van der Waals surface area contributed by atoms with Crippen LogP contribution in [0.15, 0.2) is 6.07 Å². The summed E-state index contributed by atoms with van der Waals surface area (Å²) in [6.07, 6.45) is 3.19. The first-order valence-electron chi connectivity index (χ1n) is 10.1. The molecule has 1 aliphatic heterocycles. The number of nitrogens with one attached hydrogen (secondary N) is 3. The minimum absolute atomic E-state index is 0.122. The molecule has 0 unspecified atom stereocenters. The molecule has 10 nitrogen and oxygen atoms in total. The number of H-pyrrole nitrogens is 1. The molecule has 3 amide bonds. The summed E-state index contributed by atoms with van der Waals surface area (Å²) in [7, 11) is 0. The first kappa shape index (κ1) is 19.7. The van der Waals surface area contributed by atoms with Gasteiger partial charge < -0.3 is 25.8 Å². The maximum absolute atomic E-state index is 12.4. The number of aromatic amines is 1. The van der Waals surface area contributed by atoms with Gasteiger partial charge in [0.2, 0.25) is 11.8 Å². The predicted octanol–water partition coefficient (Wildman–Crippen LogP) is 1.36. The minimum Gasteiger partial charge on any atom is -0.444 e. The van der Waals surface area contributed by atoms with Crippen LogP contribution >= 0.6 is 0 Å². The van der Waals surface area contributed by atoms with Gasteiger partial charge in [0.15, 0.2) is 5.82 Å². The maximum atomic E-state index is 12.4. The Kier molecular flexibility index (Phi) is 5.20. The molecule has 0 aromatic carbocycles. The van der Waals surface area contributed by atoms with E-state index in [-0.39, 0.29) is 41.4 Å². The van der Waals surface area contributed by atoms with Gasteiger partial charge in [0.05, 0.1) is 12.3 Å². The lowest BCUT2D eigenvalue weighted by atomic mass is 10.0. The second kappa shape index (κ2) is 7.66. The van der Waals surface area contributed by atoms with Crippen molar-refractivity contribution in [1.29, 1.82) is 0 Å². The van der Waals surface area contributed by atoms with Gasteiger partial charge in [-0.25, -0.2) is 4.79 Å². The Balaban J connectivity index is 1.25. The normalized spacial score (nSPS) is 30.0. The standard InChI is InChI=1S/C19H27N5O5/c1-19(4-5-19)22-18(27)29-12-7-14(28-9-12)13-8-15(24-23-13)21-17(26)11-3-2-10(6-11)16(20)25/h8,10-12,14H,2-7,9H2,1H3,(H2,20,25)(H,22,27)(H2,21,23,24,26)/t10-,11+,12-,14-/m0/s1. The van der Waals surface area contributed by atoms with Gasteiger partial charge in [0.1, 0.15) is 12.2 Å². The molecule has 10 heteroatoms. The van der Waals surface area contributed by atoms with Crippen LogP contribution in [0.4, 0.5) is 10.6 Å². The van der Waals surface area contributed by atoms with Gasteiger partial charge in [-0.05, 0) is 39.0 Å². The Morgan fingerprint density at radius 3 is 2.72 bits per heavy atom. The van der Waals surface area contributed by atoms with Crippen molar-refractivity contribution in [3.05, 3.63) is 11.8 Å². The summed E-state index contributed by atoms with van der Waals surface area (Å²) in [5, 5.41) is 12.6. The molecule has 0 bridgehead atoms. The van der Waals surface area contributed by atoms with Crippen LogP contribution in [0.2, 0.25) is 0 Å². The largest absolute Gasteiger partial charge is 0.444 e. The van der Waals surface area contributed by atoms with E-state index in [1.165, 1.54) is 0 Å². The lowest BCUT2D eigenvalue weighted by molar-refractivity contribution is -0.122. The number of amides is 3. The summed E-state index contributed by atoms with van der Waals surface area (Å²) in [5.74, 6) is -0.577. The number of carbonyl (C=O) groups is 3. The summed E-state index contributed by atoms with van der Waals surface area (Å²) >= 11 is 0. The van der Waals surface area contributed by atoms with Gasteiger partial charge in [0.25, 0.3) is 0 Å². The number of alkyl carbamates (subject to hydrolysis) is 1. The second-order valence-corrected chi connectivity index (χ2v) is 8.58. The summed E-state index contributed by atoms with van der Waals surface area (Å²) < 4.78 is 11.1. The van der Waals surface area contributed by atoms with Crippen LogP contribution in [0.1, 0.15) is 57.2 Å². The molecule has 1 aromatic heterocycles. The number of carbonyl (C=O) groups excluding carboxylic acids is 3. The number of hydrogen-bond acceptors (Lipinski definition) is 6. The Labute approximate surface area is 168 Å². The van der Waals surface area contributed by atoms with Crippen LogP contribution in [0, 0.1) is 11.8 Å². The highest BCUT2D eigenvalue weighted by Gasteiger charge is 2.40. The zero-order valence-corrected chi connectivity index (χ0v) is 16.4. The highest BCUT2D eigenvalue weighted by molar-refractivity contribution is 5.92. The molecule has 2 heterocycles. The number of nitrogens with two attached hydrogens (primary N) is 1. The molecule has 1 aromatic rings. The fourth-order valence-corrected chi connectivity index (χ4v) is 3.91. The van der Waals surface area contributed by atoms with E-state index in [0.717, 1.165) is 12.8 Å². The first-order valence-corrected chi connectivity index (χ1v) is 10.1. The van der Waals surface area contributed by atoms with Gasteiger partial charge in [-0.2, -0.15) is 5.10 Å². The lowest BCUT2D eigenvalue weighted by Gasteiger charge is -2.15. The van der Waals surface area contributed by atoms with Crippen LogP contribution in [0.5, 0.6) is 0 Å². The average Bonchev–Trinajstić information content (AvgIpc) is 3.13. The molecule has 2 saturated carbocycles. The molecule has 29 heavy (non-hydrogen) atoms. The van der Waals surface area contributed by atoms with E-state index in [0.29, 0.717) is 43.8 Å². The van der Waals surface area contributed by atoms with Crippen molar-refractivity contribution in [2.45, 2.75) is 63.2 Å². The number of anilines is 1. The number of aromatic nitrogens is 2. The molecular weight excluding hydrogens is 378 g/mol. The van der Waals surface area contributed by atoms with Gasteiger partial charge in [-0.1, -0.05) is 0 Å². The summed E-state index contributed by atoms with van der Waals surface area (Å²) in [6, 6.07) is 1.72. The number of primary amides is 1. The fraction of sp³-hybridized carbons (Fsp3) is 0.684. The molecule has 0 radical (unpaired) electrons. The topological polar surface area (TPSA) is 148 Å². The van der Waals surface area contributed by atoms with E-state index in [2.05, 4.69) is 20.8 Å². The first-order chi connectivity index (χ1) is 13.8. The highest BCUT2D eigenvalue weighted by atomic mass is 16.6. The van der Waals surface area contributed by atoms with E-state index in [4.69, 9.17) is 15.2 Å². The number of hydrogen-bond donors (Lipinski definition) is 4. The lowest BCUT2D eigenvalue weighted by Crippen LogP contribution is -2.37. The van der Waals surface area contributed by atoms with Crippen molar-refractivity contribution >= 4 is 23.7 Å². The summed E-state index contributed by atoms with van der Waals surface area (Å²) in [6.45, 7) is 2.30. The fourth-order valence-electron chi connectivity index (χ4n) is 3.91. The molecule has 2 aliphatic carbocycles. The molecule has 4 atom stereocenters. The summed E-state index contributed by atoms with van der Waals surface area (Å²) in [5.41, 5.74) is 5.91. The zero-order valence-electron chi connectivity index (χ0n) is 16.4. The molecule has 1 saturated heterocycles. The highest BCUT2D eigenvalue weighted by Crippen LogP contribution is 2.35. The Morgan fingerprint density at radius 2 is 2.03 bits per heavy atom. The van der Waals surface area contributed by atoms with Crippen LogP contribution in [0.3, 0.4) is 0 Å². The zero-order chi connectivity index (χ0) is 20.6. The Hall–Kier alpha value is -2.62. The third-order valence-corrected chi connectivity index (χ3v) is 6.04. The van der Waals surface area contributed by atoms with Crippen molar-refractivity contribution < 1.29 is 23.9 Å². The van der Waals surface area contributed by atoms with Crippen LogP contribution < -0.4 is 16.4 Å². The molecule has 3 fully saturated rings. The molecule has 3 aliphatic rings. The number of rotatable bonds is 6. The SMILES string of the molecule is CC1(NC(=O)O[C@@H]2CO[C@H](c3cc(NC(=O)[C@@H]4CC[C@H](C(N)=O)C4)n[nH]3)C2)CC1. The molecular formula is C19H27N5O5. The van der Waals surface area contributed by atoms with Gasteiger partial charge in [-0.15, -0.1) is 0 Å². The number of ether oxygens (including phenoxy) is 2. The number of nitrogens with zero attached hydrogens (tertiary/aromatic N) is 1. The minimum atomic E-state index is -0.414. The third-order valence-electron chi connectivity index (χ3n) is 6.04. The van der Waals surface area contributed by atoms with E-state index >= 15 is 0 Å². The van der Waals surface area contributed by atoms with Crippen molar-refractivity contribution in [3.8, 4) is 0 Å². The third kappa shape index (κ3) is 4.69. The van der Waals surface area contributed by atoms with Crippen molar-refractivity contribution in [3.63, 3.8) is 0 Å². The van der Waals surface area contributed by atoms with Crippen LogP contribution in [-0.4, -0.2) is 46.4 Å². The average molecular weight is 405 g/mol. The van der Waals surface area contributed by atoms with Crippen molar-refractivity contribution in [2.75, 3.05) is 11.9 Å². The van der Waals surface area contributed by atoms with E-state index in [9.17, 15) is 14.4 Å². The monoisotopic (exact) mass is 405 g/mol. The van der Waals surface area contributed by atoms with E-state index in [1.54, 1.807) is 6.07 Å². The predicted molar refractivity (Wildman–Crippen MR) is 102 cm³/mol. The molecule has 4 rings (SSSR count). The van der Waals surface area contributed by atoms with E-state index < -0.39 is 6.09 Å². The maximum Gasteiger partial charge on any atom is 0.407 e. The Morgan fingerprint density at radius 1 is 1.28 bits per heavy atom. The van der Waals surface area contributed by atoms with Gasteiger partial charge in [-0.3, -0.25) is 14.7 Å². The van der Waals surface area contributed by atoms with Crippen LogP contribution in [0.25, 0.3) is 0 Å². The summed E-state index contributed by atoms with van der Waals surface area (Å²) in [4.78, 5) is 35.6. The smallest absolute Gasteiger partial charge is 0.407 e. The van der Waals surface area contributed by atoms with Crippen molar-refractivity contribution in [1.82, 2.24) is 15.5 Å². The Bertz CT molecular complexity index is 805. The van der Waals surface area contributed by atoms with Crippen LogP contribution in [-0.2, 0) is 19.1 Å². The van der Waals surface area contributed by atoms with Crippen molar-refractivity contribution in [2.24, 2.45) is 17.6 Å². The van der Waals surface area contributed by atoms with Gasteiger partial charge >= 0.3 is 6.09 Å². The molecule has 158 valence electrons. The van der Waals surface area contributed by atoms with Gasteiger partial charge in [0, 0.05) is 29.9 Å².